The molecule has 1 aliphatic heterocycles. The number of nitrogens with zero attached hydrogens (tertiary/aromatic N) is 2. The molecule has 0 bridgehead atoms. The fourth-order valence-electron chi connectivity index (χ4n) is 2.44. The first kappa shape index (κ1) is 14.6. The topological polar surface area (TPSA) is 50.8 Å². The van der Waals surface area contributed by atoms with Crippen LogP contribution in [0.3, 0.4) is 0 Å². The van der Waals surface area contributed by atoms with Gasteiger partial charge in [0.2, 0.25) is 5.16 Å². The highest BCUT2D eigenvalue weighted by Crippen LogP contribution is 2.23. The first-order valence-corrected chi connectivity index (χ1v) is 8.60. The summed E-state index contributed by atoms with van der Waals surface area (Å²) < 4.78 is 5.73. The summed E-state index contributed by atoms with van der Waals surface area (Å²) in [5.74, 6) is 1.77. The Morgan fingerprint density at radius 3 is 2.86 bits per heavy atom. The van der Waals surface area contributed by atoms with Gasteiger partial charge in [-0.3, -0.25) is 5.10 Å². The number of ether oxygens (including phenoxy) is 1. The zero-order valence-corrected chi connectivity index (χ0v) is 13.2. The third-order valence-corrected chi connectivity index (χ3v) is 4.75. The second kappa shape index (κ2) is 7.09. The Labute approximate surface area is 129 Å². The molecule has 1 aliphatic rings. The number of hydrogen-bond acceptors (Lipinski definition) is 4. The number of aromatic nitrogens is 3. The molecule has 5 heteroatoms. The van der Waals surface area contributed by atoms with Gasteiger partial charge < -0.3 is 4.74 Å². The lowest BCUT2D eigenvalue weighted by atomic mass is 10.1. The second-order valence-electron chi connectivity index (χ2n) is 5.32. The van der Waals surface area contributed by atoms with E-state index in [0.29, 0.717) is 6.10 Å². The molecule has 0 spiro atoms. The van der Waals surface area contributed by atoms with Crippen molar-refractivity contribution in [1.82, 2.24) is 15.2 Å². The molecule has 112 valence electrons. The predicted molar refractivity (Wildman–Crippen MR) is 85.5 cm³/mol. The molecule has 4 nitrogen and oxygen atoms in total. The van der Waals surface area contributed by atoms with Gasteiger partial charge in [0.1, 0.15) is 0 Å². The highest BCUT2D eigenvalue weighted by atomic mass is 32.2. The van der Waals surface area contributed by atoms with Gasteiger partial charge in [0, 0.05) is 17.9 Å². The Hall–Kier alpha value is -1.33. The van der Waals surface area contributed by atoms with Gasteiger partial charge in [0.05, 0.1) is 6.10 Å². The molecule has 2 heterocycles. The van der Waals surface area contributed by atoms with E-state index >= 15 is 0 Å². The normalized spacial score (nSPS) is 18.8. The monoisotopic (exact) mass is 303 g/mol. The molecule has 0 radical (unpaired) electrons. The molecule has 3 rings (SSSR count). The van der Waals surface area contributed by atoms with Crippen LogP contribution in [0.1, 0.15) is 31.7 Å². The molecule has 0 aliphatic carbocycles. The molecular weight excluding hydrogens is 282 g/mol. The van der Waals surface area contributed by atoms with Crippen LogP contribution >= 0.6 is 11.8 Å². The Kier molecular flexibility index (Phi) is 4.93. The molecule has 0 unspecified atom stereocenters. The molecule has 1 N–H and O–H groups in total. The van der Waals surface area contributed by atoms with Crippen LogP contribution in [0.4, 0.5) is 0 Å². The van der Waals surface area contributed by atoms with Crippen LogP contribution in [0.15, 0.2) is 29.4 Å². The largest absolute Gasteiger partial charge is 0.377 e. The average molecular weight is 303 g/mol. The summed E-state index contributed by atoms with van der Waals surface area (Å²) in [6.45, 7) is 3.06. The molecule has 0 amide bonds. The molecule has 2 aromatic rings. The van der Waals surface area contributed by atoms with Gasteiger partial charge in [-0.25, -0.2) is 4.98 Å². The van der Waals surface area contributed by atoms with Crippen molar-refractivity contribution in [2.75, 3.05) is 12.4 Å². The molecule has 1 fully saturated rings. The number of hydrogen-bond donors (Lipinski definition) is 1. The number of thioether (sulfide) groups is 1. The third kappa shape index (κ3) is 3.86. The third-order valence-electron chi connectivity index (χ3n) is 3.77. The van der Waals surface area contributed by atoms with Gasteiger partial charge in [-0.05, 0) is 31.2 Å². The van der Waals surface area contributed by atoms with Gasteiger partial charge >= 0.3 is 0 Å². The highest BCUT2D eigenvalue weighted by Gasteiger charge is 2.15. The minimum atomic E-state index is 0.356. The van der Waals surface area contributed by atoms with Crippen LogP contribution in [0.5, 0.6) is 0 Å². The summed E-state index contributed by atoms with van der Waals surface area (Å²) in [4.78, 5) is 4.56. The number of benzene rings is 1. The van der Waals surface area contributed by atoms with E-state index in [4.69, 9.17) is 4.74 Å². The van der Waals surface area contributed by atoms with E-state index in [1.165, 1.54) is 18.4 Å². The summed E-state index contributed by atoms with van der Waals surface area (Å²) in [6.07, 6.45) is 5.03. The molecule has 1 atom stereocenters. The van der Waals surface area contributed by atoms with Crippen LogP contribution in [0.2, 0.25) is 0 Å². The zero-order valence-electron chi connectivity index (χ0n) is 12.3. The highest BCUT2D eigenvalue weighted by molar-refractivity contribution is 7.99. The van der Waals surface area contributed by atoms with E-state index in [1.807, 2.05) is 0 Å². The Bertz CT molecular complexity index is 561. The van der Waals surface area contributed by atoms with Crippen LogP contribution < -0.4 is 0 Å². The first-order valence-electron chi connectivity index (χ1n) is 7.61. The number of nitrogens with one attached hydrogen (secondary N) is 1. The molecule has 21 heavy (non-hydrogen) atoms. The van der Waals surface area contributed by atoms with Gasteiger partial charge in [-0.2, -0.15) is 0 Å². The van der Waals surface area contributed by atoms with E-state index in [0.717, 1.165) is 41.7 Å². The van der Waals surface area contributed by atoms with Crippen LogP contribution in [0, 0.1) is 0 Å². The smallest absolute Gasteiger partial charge is 0.208 e. The Balaban J connectivity index is 1.59. The van der Waals surface area contributed by atoms with Gasteiger partial charge in [-0.15, -0.1) is 5.10 Å². The number of aryl methyl sites for hydroxylation is 1. The molecule has 1 aromatic heterocycles. The minimum Gasteiger partial charge on any atom is -0.377 e. The van der Waals surface area contributed by atoms with Crippen molar-refractivity contribution >= 4 is 11.8 Å². The minimum absolute atomic E-state index is 0.356. The number of aromatic amines is 1. The number of rotatable bonds is 5. The van der Waals surface area contributed by atoms with E-state index in [2.05, 4.69) is 46.4 Å². The van der Waals surface area contributed by atoms with Crippen molar-refractivity contribution in [3.63, 3.8) is 0 Å². The maximum absolute atomic E-state index is 5.73. The SMILES string of the molecule is CCc1ccc(-c2nc(SC[C@@H]3CCCCO3)n[nH]2)cc1. The second-order valence-corrected chi connectivity index (χ2v) is 6.30. The van der Waals surface area contributed by atoms with Crippen molar-refractivity contribution in [1.29, 1.82) is 0 Å². The van der Waals surface area contributed by atoms with E-state index < -0.39 is 0 Å². The average Bonchev–Trinajstić information content (AvgIpc) is 3.03. The number of H-pyrrole nitrogens is 1. The quantitative estimate of drug-likeness (QED) is 0.856. The van der Waals surface area contributed by atoms with Crippen LogP contribution in [0.25, 0.3) is 11.4 Å². The molecular formula is C16H21N3OS. The standard InChI is InChI=1S/C16H21N3OS/c1-2-12-6-8-13(9-7-12)15-17-16(19-18-15)21-11-14-5-3-4-10-20-14/h6-9,14H,2-5,10-11H2,1H3,(H,17,18,19)/t14-/m0/s1. The Morgan fingerprint density at radius 2 is 2.14 bits per heavy atom. The molecule has 1 aromatic carbocycles. The van der Waals surface area contributed by atoms with Crippen LogP contribution in [-0.2, 0) is 11.2 Å². The maximum atomic E-state index is 5.73. The summed E-state index contributed by atoms with van der Waals surface area (Å²) in [7, 11) is 0. The fourth-order valence-corrected chi connectivity index (χ4v) is 3.31. The lowest BCUT2D eigenvalue weighted by Crippen LogP contribution is -2.21. The zero-order chi connectivity index (χ0) is 14.5. The lowest BCUT2D eigenvalue weighted by Gasteiger charge is -2.21. The van der Waals surface area contributed by atoms with Gasteiger partial charge in [0.15, 0.2) is 5.82 Å². The predicted octanol–water partition coefficient (Wildman–Crippen LogP) is 3.70. The molecule has 0 saturated carbocycles. The summed E-state index contributed by atoms with van der Waals surface area (Å²) >= 11 is 1.67. The van der Waals surface area contributed by atoms with Crippen molar-refractivity contribution in [2.24, 2.45) is 0 Å². The van der Waals surface area contributed by atoms with Crippen molar-refractivity contribution in [3.05, 3.63) is 29.8 Å². The van der Waals surface area contributed by atoms with Gasteiger partial charge in [-0.1, -0.05) is 43.0 Å². The summed E-state index contributed by atoms with van der Waals surface area (Å²) in [5.41, 5.74) is 2.42. The lowest BCUT2D eigenvalue weighted by molar-refractivity contribution is 0.0315. The first-order chi connectivity index (χ1) is 10.3. The van der Waals surface area contributed by atoms with Gasteiger partial charge in [0.25, 0.3) is 0 Å². The fraction of sp³-hybridized carbons (Fsp3) is 0.500. The summed E-state index contributed by atoms with van der Waals surface area (Å²) in [5, 5.41) is 8.12. The van der Waals surface area contributed by atoms with Crippen molar-refractivity contribution < 1.29 is 4.74 Å². The van der Waals surface area contributed by atoms with Crippen LogP contribution in [-0.4, -0.2) is 33.6 Å². The van der Waals surface area contributed by atoms with E-state index in [9.17, 15) is 0 Å². The van der Waals surface area contributed by atoms with Crippen molar-refractivity contribution in [2.45, 2.75) is 43.9 Å². The molecule has 1 saturated heterocycles. The van der Waals surface area contributed by atoms with E-state index in [1.54, 1.807) is 11.8 Å². The van der Waals surface area contributed by atoms with E-state index in [-0.39, 0.29) is 0 Å². The van der Waals surface area contributed by atoms with Crippen molar-refractivity contribution in [3.8, 4) is 11.4 Å². The maximum Gasteiger partial charge on any atom is 0.208 e. The summed E-state index contributed by atoms with van der Waals surface area (Å²) in [6, 6.07) is 8.47. The Morgan fingerprint density at radius 1 is 1.29 bits per heavy atom.